The highest BCUT2D eigenvalue weighted by molar-refractivity contribution is 7.13. The molecule has 0 atom stereocenters. The average molecular weight is 380 g/mol. The maximum atomic E-state index is 12.7. The minimum absolute atomic E-state index is 0.0672. The van der Waals surface area contributed by atoms with Crippen molar-refractivity contribution in [2.75, 3.05) is 5.32 Å². The lowest BCUT2D eigenvalue weighted by Gasteiger charge is -2.10. The number of carbonyl (C=O) groups is 1. The first-order valence-corrected chi connectivity index (χ1v) is 8.50. The fraction of sp³-hybridized carbons (Fsp3) is 0.176. The third-order valence-electron chi connectivity index (χ3n) is 3.58. The Labute approximate surface area is 151 Å². The van der Waals surface area contributed by atoms with Gasteiger partial charge in [0.1, 0.15) is 0 Å². The molecule has 2 amide bonds. The van der Waals surface area contributed by atoms with Crippen LogP contribution in [0, 0.1) is 0 Å². The Hall–Kier alpha value is -2.81. The van der Waals surface area contributed by atoms with Gasteiger partial charge in [-0.3, -0.25) is 4.68 Å². The van der Waals surface area contributed by atoms with Crippen molar-refractivity contribution in [1.29, 1.82) is 0 Å². The lowest BCUT2D eigenvalue weighted by molar-refractivity contribution is -0.137. The van der Waals surface area contributed by atoms with E-state index in [4.69, 9.17) is 0 Å². The van der Waals surface area contributed by atoms with E-state index < -0.39 is 17.8 Å². The third kappa shape index (κ3) is 4.23. The smallest absolute Gasteiger partial charge is 0.332 e. The molecule has 0 unspecified atom stereocenters. The molecule has 0 aliphatic carbocycles. The van der Waals surface area contributed by atoms with Crippen molar-refractivity contribution < 1.29 is 18.0 Å². The Morgan fingerprint density at radius 1 is 1.23 bits per heavy atom. The Morgan fingerprint density at radius 3 is 2.73 bits per heavy atom. The zero-order valence-corrected chi connectivity index (χ0v) is 14.5. The van der Waals surface area contributed by atoms with Crippen molar-refractivity contribution in [2.45, 2.75) is 12.7 Å². The van der Waals surface area contributed by atoms with E-state index in [-0.39, 0.29) is 12.2 Å². The van der Waals surface area contributed by atoms with Crippen LogP contribution in [0.15, 0.2) is 47.8 Å². The van der Waals surface area contributed by atoms with Crippen LogP contribution < -0.4 is 10.6 Å². The number of amides is 2. The zero-order valence-electron chi connectivity index (χ0n) is 13.7. The highest BCUT2D eigenvalue weighted by Crippen LogP contribution is 2.30. The largest absolute Gasteiger partial charge is 0.416 e. The molecule has 0 aliphatic rings. The molecule has 5 nitrogen and oxygen atoms in total. The summed E-state index contributed by atoms with van der Waals surface area (Å²) in [6, 6.07) is 9.63. The number of hydrogen-bond donors (Lipinski definition) is 2. The maximum absolute atomic E-state index is 12.7. The van der Waals surface area contributed by atoms with E-state index >= 15 is 0 Å². The molecular weight excluding hydrogens is 365 g/mol. The topological polar surface area (TPSA) is 59.0 Å². The van der Waals surface area contributed by atoms with E-state index in [1.807, 2.05) is 23.6 Å². The number of anilines is 1. The predicted molar refractivity (Wildman–Crippen MR) is 93.8 cm³/mol. The predicted octanol–water partition coefficient (Wildman–Crippen LogP) is 4.49. The summed E-state index contributed by atoms with van der Waals surface area (Å²) in [4.78, 5) is 13.0. The minimum Gasteiger partial charge on any atom is -0.332 e. The maximum Gasteiger partial charge on any atom is 0.416 e. The third-order valence-corrected chi connectivity index (χ3v) is 4.47. The number of thiophene rings is 1. The molecule has 2 N–H and O–H groups in total. The van der Waals surface area contributed by atoms with Crippen molar-refractivity contribution in [2.24, 2.45) is 7.05 Å². The van der Waals surface area contributed by atoms with E-state index in [1.54, 1.807) is 23.1 Å². The van der Waals surface area contributed by atoms with Gasteiger partial charge in [-0.1, -0.05) is 12.1 Å². The highest BCUT2D eigenvalue weighted by Gasteiger charge is 2.30. The van der Waals surface area contributed by atoms with Crippen LogP contribution in [0.25, 0.3) is 10.6 Å². The highest BCUT2D eigenvalue weighted by atomic mass is 32.1. The molecule has 1 aromatic carbocycles. The molecule has 0 saturated carbocycles. The number of aromatic nitrogens is 2. The molecule has 0 aliphatic heterocycles. The van der Waals surface area contributed by atoms with Crippen molar-refractivity contribution in [3.8, 4) is 10.6 Å². The number of nitrogens with one attached hydrogen (secondary N) is 2. The van der Waals surface area contributed by atoms with Crippen LogP contribution in [-0.2, 0) is 19.8 Å². The summed E-state index contributed by atoms with van der Waals surface area (Å²) < 4.78 is 39.8. The van der Waals surface area contributed by atoms with E-state index in [1.165, 1.54) is 12.1 Å². The van der Waals surface area contributed by atoms with Crippen LogP contribution >= 0.6 is 11.3 Å². The van der Waals surface area contributed by atoms with Crippen molar-refractivity contribution in [3.05, 3.63) is 59.1 Å². The standard InChI is InChI=1S/C17H15F3N4OS/c1-24-14(15-6-3-7-26-15)9-13(23-24)10-21-16(25)22-12-5-2-4-11(8-12)17(18,19)20/h2-9H,10H2,1H3,(H2,21,22,25). The fourth-order valence-corrected chi connectivity index (χ4v) is 3.16. The van der Waals surface area contributed by atoms with E-state index in [0.717, 1.165) is 22.7 Å². The number of nitrogens with zero attached hydrogens (tertiary/aromatic N) is 2. The van der Waals surface area contributed by atoms with Gasteiger partial charge in [-0.05, 0) is 35.7 Å². The zero-order chi connectivity index (χ0) is 18.7. The molecule has 9 heteroatoms. The van der Waals surface area contributed by atoms with Gasteiger partial charge in [0.05, 0.1) is 28.4 Å². The monoisotopic (exact) mass is 380 g/mol. The quantitative estimate of drug-likeness (QED) is 0.701. The van der Waals surface area contributed by atoms with E-state index in [0.29, 0.717) is 5.69 Å². The molecule has 0 radical (unpaired) electrons. The van der Waals surface area contributed by atoms with Crippen molar-refractivity contribution in [1.82, 2.24) is 15.1 Å². The average Bonchev–Trinajstić information content (AvgIpc) is 3.21. The number of hydrogen-bond acceptors (Lipinski definition) is 3. The van der Waals surface area contributed by atoms with Crippen molar-refractivity contribution >= 4 is 23.1 Å². The fourth-order valence-electron chi connectivity index (χ4n) is 2.39. The van der Waals surface area contributed by atoms with Crippen LogP contribution in [0.2, 0.25) is 0 Å². The molecule has 26 heavy (non-hydrogen) atoms. The first-order valence-electron chi connectivity index (χ1n) is 7.62. The summed E-state index contributed by atoms with van der Waals surface area (Å²) >= 11 is 1.58. The van der Waals surface area contributed by atoms with Crippen molar-refractivity contribution in [3.63, 3.8) is 0 Å². The van der Waals surface area contributed by atoms with Gasteiger partial charge >= 0.3 is 12.2 Å². The number of urea groups is 1. The number of aryl methyl sites for hydroxylation is 1. The van der Waals surface area contributed by atoms with Gasteiger partial charge in [-0.25, -0.2) is 4.79 Å². The van der Waals surface area contributed by atoms with Gasteiger partial charge in [0.2, 0.25) is 0 Å². The molecule has 3 rings (SSSR count). The summed E-state index contributed by atoms with van der Waals surface area (Å²) in [5.41, 5.74) is 0.823. The Morgan fingerprint density at radius 2 is 2.04 bits per heavy atom. The number of alkyl halides is 3. The summed E-state index contributed by atoms with van der Waals surface area (Å²) in [6.45, 7) is 0.157. The Bertz CT molecular complexity index is 903. The van der Waals surface area contributed by atoms with Crippen LogP contribution in [0.5, 0.6) is 0 Å². The normalized spacial score (nSPS) is 11.4. The van der Waals surface area contributed by atoms with Crippen LogP contribution in [-0.4, -0.2) is 15.8 Å². The minimum atomic E-state index is -4.46. The Balaban J connectivity index is 1.61. The van der Waals surface area contributed by atoms with Gasteiger partial charge in [-0.15, -0.1) is 11.3 Å². The number of rotatable bonds is 4. The van der Waals surface area contributed by atoms with Gasteiger partial charge in [0.25, 0.3) is 0 Å². The molecular formula is C17H15F3N4OS. The molecule has 0 bridgehead atoms. The van der Waals surface area contributed by atoms with Gasteiger partial charge in [-0.2, -0.15) is 18.3 Å². The van der Waals surface area contributed by atoms with Gasteiger partial charge in [0, 0.05) is 12.7 Å². The number of halogens is 3. The molecule has 0 fully saturated rings. The second-order valence-electron chi connectivity index (χ2n) is 5.51. The second-order valence-corrected chi connectivity index (χ2v) is 6.46. The molecule has 0 saturated heterocycles. The summed E-state index contributed by atoms with van der Waals surface area (Å²) in [5.74, 6) is 0. The summed E-state index contributed by atoms with van der Waals surface area (Å²) in [7, 11) is 1.81. The van der Waals surface area contributed by atoms with E-state index in [9.17, 15) is 18.0 Å². The number of carbonyl (C=O) groups excluding carboxylic acids is 1. The summed E-state index contributed by atoms with van der Waals surface area (Å²) in [6.07, 6.45) is -4.46. The molecule has 2 heterocycles. The molecule has 3 aromatic rings. The van der Waals surface area contributed by atoms with Crippen LogP contribution in [0.1, 0.15) is 11.3 Å². The van der Waals surface area contributed by atoms with Gasteiger partial charge < -0.3 is 10.6 Å². The second kappa shape index (κ2) is 7.20. The van der Waals surface area contributed by atoms with Gasteiger partial charge in [0.15, 0.2) is 0 Å². The first-order chi connectivity index (χ1) is 12.3. The Kier molecular flexibility index (Phi) is 4.99. The SMILES string of the molecule is Cn1nc(CNC(=O)Nc2cccc(C(F)(F)F)c2)cc1-c1cccs1. The lowest BCUT2D eigenvalue weighted by Crippen LogP contribution is -2.28. The molecule has 136 valence electrons. The lowest BCUT2D eigenvalue weighted by atomic mass is 10.2. The first kappa shape index (κ1) is 18.0. The summed E-state index contributed by atoms with van der Waals surface area (Å²) in [5, 5.41) is 11.3. The van der Waals surface area contributed by atoms with E-state index in [2.05, 4.69) is 15.7 Å². The van der Waals surface area contributed by atoms with Crippen LogP contribution in [0.4, 0.5) is 23.7 Å². The van der Waals surface area contributed by atoms with Crippen LogP contribution in [0.3, 0.4) is 0 Å². The number of benzene rings is 1. The molecule has 2 aromatic heterocycles. The molecule has 0 spiro atoms.